The molecule has 2 aromatic carbocycles. The number of rotatable bonds is 6. The highest BCUT2D eigenvalue weighted by Gasteiger charge is 2.07. The van der Waals surface area contributed by atoms with Gasteiger partial charge in [-0.25, -0.2) is 4.79 Å². The van der Waals surface area contributed by atoms with Gasteiger partial charge in [-0.1, -0.05) is 41.5 Å². The van der Waals surface area contributed by atoms with E-state index in [1.165, 1.54) is 0 Å². The van der Waals surface area contributed by atoms with Crippen molar-refractivity contribution in [2.45, 2.75) is 27.0 Å². The lowest BCUT2D eigenvalue weighted by molar-refractivity contribution is 0.102. The van der Waals surface area contributed by atoms with E-state index in [1.54, 1.807) is 48.8 Å². The van der Waals surface area contributed by atoms with E-state index in [9.17, 15) is 9.59 Å². The Hall–Kier alpha value is -3.67. The summed E-state index contributed by atoms with van der Waals surface area (Å²) in [5.74, 6) is -0.217. The largest absolute Gasteiger partial charge is 0.445 e. The van der Waals surface area contributed by atoms with Crippen molar-refractivity contribution in [3.63, 3.8) is 0 Å². The summed E-state index contributed by atoms with van der Waals surface area (Å²) in [6.07, 6.45) is 2.74. The van der Waals surface area contributed by atoms with Gasteiger partial charge in [0.15, 0.2) is 0 Å². The maximum absolute atomic E-state index is 12.2. The number of hydrogen-bond acceptors (Lipinski definition) is 4. The molecule has 3 aromatic rings. The number of aromatic nitrogens is 1. The molecule has 2 amide bonds. The summed E-state index contributed by atoms with van der Waals surface area (Å²) in [5, 5.41) is 5.49. The van der Waals surface area contributed by atoms with Crippen LogP contribution in [0, 0.1) is 13.8 Å². The smallest absolute Gasteiger partial charge is 0.407 e. The highest BCUT2D eigenvalue weighted by molar-refractivity contribution is 6.04. The van der Waals surface area contributed by atoms with Crippen LogP contribution in [0.3, 0.4) is 0 Å². The molecule has 3 rings (SSSR count). The van der Waals surface area contributed by atoms with Crippen molar-refractivity contribution in [1.29, 1.82) is 0 Å². The van der Waals surface area contributed by atoms with Gasteiger partial charge in [-0.15, -0.1) is 0 Å². The molecule has 0 atom stereocenters. The van der Waals surface area contributed by atoms with Crippen molar-refractivity contribution in [3.05, 3.63) is 94.8 Å². The highest BCUT2D eigenvalue weighted by atomic mass is 16.5. The van der Waals surface area contributed by atoms with Crippen molar-refractivity contribution >= 4 is 17.7 Å². The van der Waals surface area contributed by atoms with Gasteiger partial charge in [0.1, 0.15) is 6.61 Å². The minimum atomic E-state index is -0.484. The van der Waals surface area contributed by atoms with E-state index in [1.807, 2.05) is 26.0 Å². The second-order valence-electron chi connectivity index (χ2n) is 6.82. The SMILES string of the molecule is Cc1cc(C)cc(COC(=O)NCc2ccc(C(=O)Nc3cccnc3)cc2)c1. The Bertz CT molecular complexity index is 966. The number of aryl methyl sites for hydroxylation is 2. The molecule has 0 saturated heterocycles. The molecule has 1 heterocycles. The first-order chi connectivity index (χ1) is 14.0. The first-order valence-corrected chi connectivity index (χ1v) is 9.28. The van der Waals surface area contributed by atoms with Gasteiger partial charge in [0.05, 0.1) is 11.9 Å². The number of alkyl carbamates (subject to hydrolysis) is 1. The van der Waals surface area contributed by atoms with Gasteiger partial charge in [0.25, 0.3) is 5.91 Å². The zero-order valence-electron chi connectivity index (χ0n) is 16.4. The molecule has 6 heteroatoms. The molecule has 0 aliphatic heterocycles. The third-order valence-electron chi connectivity index (χ3n) is 4.22. The molecule has 0 saturated carbocycles. The van der Waals surface area contributed by atoms with Crippen LogP contribution in [-0.2, 0) is 17.9 Å². The summed E-state index contributed by atoms with van der Waals surface area (Å²) in [7, 11) is 0. The van der Waals surface area contributed by atoms with Crippen LogP contribution in [0.1, 0.15) is 32.6 Å². The molecule has 0 aliphatic carbocycles. The van der Waals surface area contributed by atoms with Gasteiger partial charge in [-0.05, 0) is 49.2 Å². The van der Waals surface area contributed by atoms with E-state index < -0.39 is 6.09 Å². The third kappa shape index (κ3) is 6.17. The van der Waals surface area contributed by atoms with Crippen molar-refractivity contribution < 1.29 is 14.3 Å². The fourth-order valence-electron chi connectivity index (χ4n) is 2.94. The average molecular weight is 389 g/mol. The van der Waals surface area contributed by atoms with E-state index in [0.29, 0.717) is 17.8 Å². The zero-order valence-corrected chi connectivity index (χ0v) is 16.4. The van der Waals surface area contributed by atoms with E-state index in [2.05, 4.69) is 21.7 Å². The van der Waals surface area contributed by atoms with Crippen LogP contribution in [0.2, 0.25) is 0 Å². The van der Waals surface area contributed by atoms with Crippen LogP contribution >= 0.6 is 0 Å². The summed E-state index contributed by atoms with van der Waals surface area (Å²) in [6.45, 7) is 4.56. The van der Waals surface area contributed by atoms with E-state index in [-0.39, 0.29) is 12.5 Å². The number of nitrogens with zero attached hydrogens (tertiary/aromatic N) is 1. The first kappa shape index (κ1) is 20.1. The summed E-state index contributed by atoms with van der Waals surface area (Å²) >= 11 is 0. The number of ether oxygens (including phenoxy) is 1. The predicted molar refractivity (Wildman–Crippen MR) is 112 cm³/mol. The number of pyridine rings is 1. The number of amides is 2. The molecule has 1 aromatic heterocycles. The first-order valence-electron chi connectivity index (χ1n) is 9.28. The summed E-state index contributed by atoms with van der Waals surface area (Å²) in [6, 6.07) is 16.6. The molecular formula is C23H23N3O3. The van der Waals surface area contributed by atoms with Crippen LogP contribution in [0.5, 0.6) is 0 Å². The molecule has 0 spiro atoms. The molecule has 2 N–H and O–H groups in total. The topological polar surface area (TPSA) is 80.3 Å². The van der Waals surface area contributed by atoms with Gasteiger partial charge >= 0.3 is 6.09 Å². The molecular weight excluding hydrogens is 366 g/mol. The maximum atomic E-state index is 12.2. The van der Waals surface area contributed by atoms with Gasteiger partial charge < -0.3 is 15.4 Å². The summed E-state index contributed by atoms with van der Waals surface area (Å²) in [4.78, 5) is 28.1. The Morgan fingerprint density at radius 2 is 1.69 bits per heavy atom. The summed E-state index contributed by atoms with van der Waals surface area (Å²) in [5.41, 5.74) is 5.26. The fraction of sp³-hybridized carbons (Fsp3) is 0.174. The van der Waals surface area contributed by atoms with Crippen molar-refractivity contribution in [1.82, 2.24) is 10.3 Å². The lowest BCUT2D eigenvalue weighted by Gasteiger charge is -2.09. The standard InChI is InChI=1S/C23H23N3O3/c1-16-10-17(2)12-19(11-16)15-29-23(28)25-13-18-5-7-20(8-6-18)22(27)26-21-4-3-9-24-14-21/h3-12,14H,13,15H2,1-2H3,(H,25,28)(H,26,27). The predicted octanol–water partition coefficient (Wildman–Crippen LogP) is 4.38. The van der Waals surface area contributed by atoms with Gasteiger partial charge in [-0.3, -0.25) is 9.78 Å². The minimum Gasteiger partial charge on any atom is -0.445 e. The molecule has 29 heavy (non-hydrogen) atoms. The van der Waals surface area contributed by atoms with Crippen LogP contribution in [0.25, 0.3) is 0 Å². The van der Waals surface area contributed by atoms with Gasteiger partial charge in [0.2, 0.25) is 0 Å². The quantitative estimate of drug-likeness (QED) is 0.656. The fourth-order valence-corrected chi connectivity index (χ4v) is 2.94. The monoisotopic (exact) mass is 389 g/mol. The minimum absolute atomic E-state index is 0.217. The maximum Gasteiger partial charge on any atom is 0.407 e. The van der Waals surface area contributed by atoms with Crippen molar-refractivity contribution in [2.75, 3.05) is 5.32 Å². The molecule has 0 unspecified atom stereocenters. The molecule has 6 nitrogen and oxygen atoms in total. The molecule has 0 fully saturated rings. The lowest BCUT2D eigenvalue weighted by Crippen LogP contribution is -2.23. The number of nitrogens with one attached hydrogen (secondary N) is 2. The van der Waals surface area contributed by atoms with Crippen LogP contribution < -0.4 is 10.6 Å². The lowest BCUT2D eigenvalue weighted by atomic mass is 10.1. The number of hydrogen-bond donors (Lipinski definition) is 2. The Morgan fingerprint density at radius 3 is 2.34 bits per heavy atom. The summed E-state index contributed by atoms with van der Waals surface area (Å²) < 4.78 is 5.27. The van der Waals surface area contributed by atoms with Crippen LogP contribution in [0.4, 0.5) is 10.5 Å². The van der Waals surface area contributed by atoms with E-state index >= 15 is 0 Å². The molecule has 148 valence electrons. The van der Waals surface area contributed by atoms with Crippen molar-refractivity contribution in [3.8, 4) is 0 Å². The Balaban J connectivity index is 1.47. The van der Waals surface area contributed by atoms with E-state index in [4.69, 9.17) is 4.74 Å². The number of benzene rings is 2. The molecule has 0 aliphatic rings. The second-order valence-corrected chi connectivity index (χ2v) is 6.82. The third-order valence-corrected chi connectivity index (χ3v) is 4.22. The van der Waals surface area contributed by atoms with Crippen LogP contribution in [-0.4, -0.2) is 17.0 Å². The highest BCUT2D eigenvalue weighted by Crippen LogP contribution is 2.11. The Kier molecular flexibility index (Phi) is 6.58. The molecule has 0 bridgehead atoms. The molecule has 0 radical (unpaired) electrons. The second kappa shape index (κ2) is 9.50. The van der Waals surface area contributed by atoms with Gasteiger partial charge in [-0.2, -0.15) is 0 Å². The van der Waals surface area contributed by atoms with Crippen LogP contribution in [0.15, 0.2) is 67.0 Å². The normalized spacial score (nSPS) is 10.3. The van der Waals surface area contributed by atoms with Crippen molar-refractivity contribution in [2.24, 2.45) is 0 Å². The van der Waals surface area contributed by atoms with E-state index in [0.717, 1.165) is 22.3 Å². The zero-order chi connectivity index (χ0) is 20.6. The number of carbonyl (C=O) groups excluding carboxylic acids is 2. The number of anilines is 1. The average Bonchev–Trinajstić information content (AvgIpc) is 2.71. The Morgan fingerprint density at radius 1 is 0.966 bits per heavy atom. The Labute approximate surface area is 169 Å². The number of carbonyl (C=O) groups is 2. The van der Waals surface area contributed by atoms with Gasteiger partial charge in [0, 0.05) is 18.3 Å².